The van der Waals surface area contributed by atoms with Gasteiger partial charge in [0.15, 0.2) is 0 Å². The molecule has 3 rings (SSSR count). The van der Waals surface area contributed by atoms with Crippen LogP contribution in [0.1, 0.15) is 69.4 Å². The molecular formula is C22H32N2O3. The minimum absolute atomic E-state index is 0.109. The van der Waals surface area contributed by atoms with Crippen molar-refractivity contribution in [1.29, 1.82) is 0 Å². The van der Waals surface area contributed by atoms with E-state index in [1.165, 1.54) is 37.7 Å². The third-order valence-corrected chi connectivity index (χ3v) is 6.59. The lowest BCUT2D eigenvalue weighted by atomic mass is 9.80. The molecule has 0 bridgehead atoms. The first-order chi connectivity index (χ1) is 12.9. The molecule has 1 unspecified atom stereocenters. The third kappa shape index (κ3) is 4.34. The average molecular weight is 373 g/mol. The minimum Gasteiger partial charge on any atom is -0.338 e. The number of likely N-dealkylation sites (tertiary alicyclic amines) is 1. The van der Waals surface area contributed by atoms with Gasteiger partial charge in [0.05, 0.1) is 5.41 Å². The van der Waals surface area contributed by atoms with Gasteiger partial charge in [-0.1, -0.05) is 61.9 Å². The van der Waals surface area contributed by atoms with E-state index >= 15 is 0 Å². The molecule has 1 aromatic carbocycles. The number of benzene rings is 1. The number of aryl methyl sites for hydroxylation is 1. The second kappa shape index (κ2) is 8.42. The Morgan fingerprint density at radius 2 is 1.93 bits per heavy atom. The van der Waals surface area contributed by atoms with Gasteiger partial charge in [0.2, 0.25) is 11.8 Å². The number of carbonyl (C=O) groups excluding carboxylic acids is 2. The number of hydroxylamine groups is 1. The first-order valence-corrected chi connectivity index (χ1v) is 10.2. The van der Waals surface area contributed by atoms with Crippen molar-refractivity contribution in [2.75, 3.05) is 6.54 Å². The zero-order valence-corrected chi connectivity index (χ0v) is 16.5. The van der Waals surface area contributed by atoms with Gasteiger partial charge in [0.1, 0.15) is 0 Å². The van der Waals surface area contributed by atoms with E-state index in [0.29, 0.717) is 12.5 Å². The molecule has 1 aromatic rings. The SMILES string of the molecule is Cc1ccc(C2(C)CCN([C@@H](CC(=O)NO)CC3CCCCC3)C2=O)cc1. The maximum atomic E-state index is 13.4. The summed E-state index contributed by atoms with van der Waals surface area (Å²) in [6.07, 6.45) is 7.88. The van der Waals surface area contributed by atoms with Crippen LogP contribution in [-0.4, -0.2) is 34.5 Å². The molecule has 1 aliphatic heterocycles. The van der Waals surface area contributed by atoms with E-state index in [2.05, 4.69) is 12.1 Å². The number of amides is 2. The minimum atomic E-state index is -0.534. The molecule has 2 fully saturated rings. The molecule has 2 amide bonds. The summed E-state index contributed by atoms with van der Waals surface area (Å²) >= 11 is 0. The first kappa shape index (κ1) is 19.9. The Balaban J connectivity index is 1.78. The van der Waals surface area contributed by atoms with Crippen LogP contribution in [0.25, 0.3) is 0 Å². The van der Waals surface area contributed by atoms with E-state index < -0.39 is 11.3 Å². The Morgan fingerprint density at radius 3 is 2.56 bits per heavy atom. The van der Waals surface area contributed by atoms with E-state index in [9.17, 15) is 9.59 Å². The van der Waals surface area contributed by atoms with Crippen molar-refractivity contribution in [3.05, 3.63) is 35.4 Å². The summed E-state index contributed by atoms with van der Waals surface area (Å²) < 4.78 is 0. The molecule has 1 aliphatic carbocycles. The summed E-state index contributed by atoms with van der Waals surface area (Å²) in [5, 5.41) is 9.00. The first-order valence-electron chi connectivity index (χ1n) is 10.2. The molecule has 5 nitrogen and oxygen atoms in total. The van der Waals surface area contributed by atoms with Crippen LogP contribution >= 0.6 is 0 Å². The zero-order valence-electron chi connectivity index (χ0n) is 16.5. The maximum Gasteiger partial charge on any atom is 0.245 e. The lowest BCUT2D eigenvalue weighted by Crippen LogP contribution is -2.44. The normalized spacial score (nSPS) is 24.9. The number of nitrogens with one attached hydrogen (secondary N) is 1. The van der Waals surface area contributed by atoms with Gasteiger partial charge in [-0.25, -0.2) is 5.48 Å². The molecule has 1 heterocycles. The van der Waals surface area contributed by atoms with E-state index in [-0.39, 0.29) is 18.4 Å². The Kier molecular flexibility index (Phi) is 6.20. The van der Waals surface area contributed by atoms with Gasteiger partial charge in [-0.15, -0.1) is 0 Å². The van der Waals surface area contributed by atoms with Crippen LogP contribution in [0.4, 0.5) is 0 Å². The fraction of sp³-hybridized carbons (Fsp3) is 0.636. The largest absolute Gasteiger partial charge is 0.338 e. The van der Waals surface area contributed by atoms with Crippen molar-refractivity contribution in [3.63, 3.8) is 0 Å². The third-order valence-electron chi connectivity index (χ3n) is 6.59. The highest BCUT2D eigenvalue weighted by atomic mass is 16.5. The summed E-state index contributed by atoms with van der Waals surface area (Å²) in [5.74, 6) is 0.264. The van der Waals surface area contributed by atoms with E-state index in [0.717, 1.165) is 18.4 Å². The van der Waals surface area contributed by atoms with Crippen LogP contribution in [0, 0.1) is 12.8 Å². The van der Waals surface area contributed by atoms with Crippen molar-refractivity contribution in [1.82, 2.24) is 10.4 Å². The highest BCUT2D eigenvalue weighted by Gasteiger charge is 2.46. The molecule has 0 spiro atoms. The van der Waals surface area contributed by atoms with Gasteiger partial charge in [-0.2, -0.15) is 0 Å². The molecule has 1 saturated heterocycles. The van der Waals surface area contributed by atoms with Gasteiger partial charge >= 0.3 is 0 Å². The highest BCUT2D eigenvalue weighted by Crippen LogP contribution is 2.39. The molecule has 2 atom stereocenters. The maximum absolute atomic E-state index is 13.4. The van der Waals surface area contributed by atoms with Crippen molar-refractivity contribution in [3.8, 4) is 0 Å². The summed E-state index contributed by atoms with van der Waals surface area (Å²) in [7, 11) is 0. The summed E-state index contributed by atoms with van der Waals surface area (Å²) in [4.78, 5) is 27.2. The molecule has 5 heteroatoms. The standard InChI is InChI=1S/C22H32N2O3/c1-16-8-10-18(11-9-16)22(2)12-13-24(21(22)26)19(15-20(25)23-27)14-17-6-4-3-5-7-17/h8-11,17,19,27H,3-7,12-15H2,1-2H3,(H,23,25)/t19-,22?/m1/s1. The lowest BCUT2D eigenvalue weighted by molar-refractivity contribution is -0.137. The van der Waals surface area contributed by atoms with Crippen molar-refractivity contribution < 1.29 is 14.8 Å². The van der Waals surface area contributed by atoms with Gasteiger partial charge in [-0.05, 0) is 38.2 Å². The summed E-state index contributed by atoms with van der Waals surface area (Å²) in [6, 6.07) is 8.06. The topological polar surface area (TPSA) is 69.6 Å². The number of nitrogens with zero attached hydrogens (tertiary/aromatic N) is 1. The van der Waals surface area contributed by atoms with Gasteiger partial charge in [0, 0.05) is 19.0 Å². The zero-order chi connectivity index (χ0) is 19.4. The summed E-state index contributed by atoms with van der Waals surface area (Å²) in [6.45, 7) is 4.73. The fourth-order valence-electron chi connectivity index (χ4n) is 4.80. The van der Waals surface area contributed by atoms with E-state index in [4.69, 9.17) is 5.21 Å². The number of rotatable bonds is 6. The second-order valence-electron chi connectivity index (χ2n) is 8.58. The summed E-state index contributed by atoms with van der Waals surface area (Å²) in [5.41, 5.74) is 3.44. The molecule has 27 heavy (non-hydrogen) atoms. The molecule has 0 radical (unpaired) electrons. The van der Waals surface area contributed by atoms with Gasteiger partial charge < -0.3 is 4.90 Å². The monoisotopic (exact) mass is 372 g/mol. The second-order valence-corrected chi connectivity index (χ2v) is 8.58. The van der Waals surface area contributed by atoms with Crippen LogP contribution in [-0.2, 0) is 15.0 Å². The number of hydrogen-bond acceptors (Lipinski definition) is 3. The molecule has 2 aliphatic rings. The Morgan fingerprint density at radius 1 is 1.26 bits per heavy atom. The number of hydrogen-bond donors (Lipinski definition) is 2. The van der Waals surface area contributed by atoms with E-state index in [1.807, 2.05) is 30.9 Å². The van der Waals surface area contributed by atoms with Gasteiger partial charge in [0.25, 0.3) is 0 Å². The Bertz CT molecular complexity index is 667. The molecule has 0 aromatic heterocycles. The van der Waals surface area contributed by atoms with Crippen LogP contribution in [0.15, 0.2) is 24.3 Å². The van der Waals surface area contributed by atoms with Gasteiger partial charge in [-0.3, -0.25) is 14.8 Å². The number of carbonyl (C=O) groups is 2. The molecule has 2 N–H and O–H groups in total. The van der Waals surface area contributed by atoms with Crippen LogP contribution in [0.5, 0.6) is 0 Å². The van der Waals surface area contributed by atoms with Crippen LogP contribution in [0.3, 0.4) is 0 Å². The molecular weight excluding hydrogens is 340 g/mol. The predicted octanol–water partition coefficient (Wildman–Crippen LogP) is 3.72. The Labute approximate surface area is 162 Å². The lowest BCUT2D eigenvalue weighted by Gasteiger charge is -2.33. The highest BCUT2D eigenvalue weighted by molar-refractivity contribution is 5.90. The van der Waals surface area contributed by atoms with Crippen LogP contribution in [0.2, 0.25) is 0 Å². The predicted molar refractivity (Wildman–Crippen MR) is 104 cm³/mol. The molecule has 148 valence electrons. The van der Waals surface area contributed by atoms with E-state index in [1.54, 1.807) is 5.48 Å². The molecule has 1 saturated carbocycles. The van der Waals surface area contributed by atoms with Crippen molar-refractivity contribution in [2.24, 2.45) is 5.92 Å². The fourth-order valence-corrected chi connectivity index (χ4v) is 4.80. The quantitative estimate of drug-likeness (QED) is 0.591. The van der Waals surface area contributed by atoms with Crippen LogP contribution < -0.4 is 5.48 Å². The average Bonchev–Trinajstić information content (AvgIpc) is 2.98. The Hall–Kier alpha value is -1.88. The van der Waals surface area contributed by atoms with Crippen molar-refractivity contribution in [2.45, 2.75) is 76.7 Å². The van der Waals surface area contributed by atoms with Crippen molar-refractivity contribution >= 4 is 11.8 Å². The smallest absolute Gasteiger partial charge is 0.245 e.